The van der Waals surface area contributed by atoms with E-state index in [1.165, 1.54) is 36.0 Å². The molecule has 3 rings (SSSR count). The van der Waals surface area contributed by atoms with Gasteiger partial charge < -0.3 is 5.32 Å². The molecule has 1 aromatic carbocycles. The van der Waals surface area contributed by atoms with E-state index in [0.29, 0.717) is 12.0 Å². The fraction of sp³-hybridized carbons (Fsp3) is 0.444. The maximum absolute atomic E-state index is 3.59. The average molecular weight is 285 g/mol. The molecule has 1 aliphatic rings. The SMILES string of the molecule is CNC(c1cc(C)ccc1C)C1CCCc2sccc21. The Morgan fingerprint density at radius 3 is 2.90 bits per heavy atom. The van der Waals surface area contributed by atoms with Gasteiger partial charge in [-0.2, -0.15) is 0 Å². The van der Waals surface area contributed by atoms with Crippen LogP contribution in [-0.4, -0.2) is 7.05 Å². The number of nitrogens with one attached hydrogen (secondary N) is 1. The van der Waals surface area contributed by atoms with Crippen molar-refractivity contribution >= 4 is 11.3 Å². The first-order chi connectivity index (χ1) is 9.70. The number of rotatable bonds is 3. The van der Waals surface area contributed by atoms with Gasteiger partial charge in [0.05, 0.1) is 0 Å². The third-order valence-corrected chi connectivity index (χ3v) is 5.58. The van der Waals surface area contributed by atoms with Crippen molar-refractivity contribution in [1.82, 2.24) is 5.32 Å². The summed E-state index contributed by atoms with van der Waals surface area (Å²) in [6.45, 7) is 4.42. The maximum atomic E-state index is 3.59. The van der Waals surface area contributed by atoms with Crippen LogP contribution in [0.25, 0.3) is 0 Å². The molecule has 0 amide bonds. The molecule has 1 aliphatic carbocycles. The largest absolute Gasteiger partial charge is 0.312 e. The van der Waals surface area contributed by atoms with Gasteiger partial charge in [0.2, 0.25) is 0 Å². The highest BCUT2D eigenvalue weighted by atomic mass is 32.1. The van der Waals surface area contributed by atoms with Crippen molar-refractivity contribution in [2.75, 3.05) is 7.05 Å². The molecule has 0 radical (unpaired) electrons. The summed E-state index contributed by atoms with van der Waals surface area (Å²) in [5, 5.41) is 5.85. The van der Waals surface area contributed by atoms with E-state index in [1.807, 2.05) is 11.3 Å². The highest BCUT2D eigenvalue weighted by Crippen LogP contribution is 2.42. The molecule has 0 saturated carbocycles. The summed E-state index contributed by atoms with van der Waals surface area (Å²) in [5.41, 5.74) is 5.81. The fourth-order valence-corrected chi connectivity index (χ4v) is 4.53. The third-order valence-electron chi connectivity index (χ3n) is 4.58. The maximum Gasteiger partial charge on any atom is 0.0390 e. The number of likely N-dealkylation sites (N-methyl/N-ethyl adjacent to an activating group) is 1. The molecule has 1 aromatic heterocycles. The van der Waals surface area contributed by atoms with Gasteiger partial charge in [-0.05, 0) is 68.3 Å². The van der Waals surface area contributed by atoms with Crippen LogP contribution in [0.4, 0.5) is 0 Å². The molecule has 0 aliphatic heterocycles. The smallest absolute Gasteiger partial charge is 0.0390 e. The van der Waals surface area contributed by atoms with Gasteiger partial charge in [0.1, 0.15) is 0 Å². The Morgan fingerprint density at radius 1 is 1.25 bits per heavy atom. The van der Waals surface area contributed by atoms with E-state index >= 15 is 0 Å². The Bertz CT molecular complexity index is 599. The molecule has 2 heteroatoms. The molecule has 0 saturated heterocycles. The van der Waals surface area contributed by atoms with Crippen LogP contribution in [0.2, 0.25) is 0 Å². The number of benzene rings is 1. The van der Waals surface area contributed by atoms with Crippen molar-refractivity contribution in [3.8, 4) is 0 Å². The van der Waals surface area contributed by atoms with Crippen LogP contribution in [0.15, 0.2) is 29.6 Å². The Hall–Kier alpha value is -1.12. The van der Waals surface area contributed by atoms with Crippen molar-refractivity contribution in [3.63, 3.8) is 0 Å². The van der Waals surface area contributed by atoms with Crippen molar-refractivity contribution < 1.29 is 0 Å². The zero-order valence-corrected chi connectivity index (χ0v) is 13.4. The molecule has 1 heterocycles. The minimum Gasteiger partial charge on any atom is -0.312 e. The average Bonchev–Trinajstić information content (AvgIpc) is 2.92. The van der Waals surface area contributed by atoms with Crippen molar-refractivity contribution in [2.45, 2.75) is 45.1 Å². The fourth-order valence-electron chi connectivity index (χ4n) is 3.54. The Morgan fingerprint density at radius 2 is 2.10 bits per heavy atom. The summed E-state index contributed by atoms with van der Waals surface area (Å²) in [7, 11) is 2.10. The zero-order valence-electron chi connectivity index (χ0n) is 12.6. The number of aryl methyl sites for hydroxylation is 3. The second kappa shape index (κ2) is 5.71. The normalized spacial score (nSPS) is 19.6. The molecule has 0 spiro atoms. The quantitative estimate of drug-likeness (QED) is 0.858. The van der Waals surface area contributed by atoms with Crippen molar-refractivity contribution in [2.24, 2.45) is 0 Å². The number of hydrogen-bond donors (Lipinski definition) is 1. The second-order valence-corrected chi connectivity index (χ2v) is 6.92. The summed E-state index contributed by atoms with van der Waals surface area (Å²) < 4.78 is 0. The van der Waals surface area contributed by atoms with E-state index in [1.54, 1.807) is 10.4 Å². The van der Waals surface area contributed by atoms with E-state index in [4.69, 9.17) is 0 Å². The highest BCUT2D eigenvalue weighted by molar-refractivity contribution is 7.10. The van der Waals surface area contributed by atoms with Crippen LogP contribution < -0.4 is 5.32 Å². The lowest BCUT2D eigenvalue weighted by Gasteiger charge is -2.32. The number of hydrogen-bond acceptors (Lipinski definition) is 2. The third kappa shape index (κ3) is 2.43. The van der Waals surface area contributed by atoms with Crippen LogP contribution in [-0.2, 0) is 6.42 Å². The monoisotopic (exact) mass is 285 g/mol. The van der Waals surface area contributed by atoms with Crippen molar-refractivity contribution in [1.29, 1.82) is 0 Å². The van der Waals surface area contributed by atoms with Crippen LogP contribution in [0.1, 0.15) is 51.9 Å². The van der Waals surface area contributed by atoms with Gasteiger partial charge >= 0.3 is 0 Å². The zero-order chi connectivity index (χ0) is 14.1. The van der Waals surface area contributed by atoms with Gasteiger partial charge in [0.15, 0.2) is 0 Å². The predicted molar refractivity (Wildman–Crippen MR) is 87.7 cm³/mol. The van der Waals surface area contributed by atoms with Crippen LogP contribution in [0.5, 0.6) is 0 Å². The predicted octanol–water partition coefficient (Wildman–Crippen LogP) is 4.75. The van der Waals surface area contributed by atoms with Gasteiger partial charge in [-0.15, -0.1) is 11.3 Å². The summed E-state index contributed by atoms with van der Waals surface area (Å²) in [6, 6.07) is 9.61. The lowest BCUT2D eigenvalue weighted by Crippen LogP contribution is -2.26. The first-order valence-corrected chi connectivity index (χ1v) is 8.39. The Kier molecular flexibility index (Phi) is 3.95. The Labute approximate surface area is 126 Å². The molecular formula is C18H23NS. The summed E-state index contributed by atoms with van der Waals surface area (Å²) >= 11 is 1.93. The lowest BCUT2D eigenvalue weighted by atomic mass is 9.78. The molecule has 2 atom stereocenters. The first-order valence-electron chi connectivity index (χ1n) is 7.51. The van der Waals surface area contributed by atoms with Crippen LogP contribution in [0, 0.1) is 13.8 Å². The molecule has 2 aromatic rings. The van der Waals surface area contributed by atoms with E-state index in [2.05, 4.69) is 55.9 Å². The van der Waals surface area contributed by atoms with Crippen LogP contribution in [0.3, 0.4) is 0 Å². The highest BCUT2D eigenvalue weighted by Gasteiger charge is 2.29. The molecule has 0 fully saturated rings. The molecule has 0 bridgehead atoms. The van der Waals surface area contributed by atoms with Gasteiger partial charge in [-0.3, -0.25) is 0 Å². The van der Waals surface area contributed by atoms with Crippen molar-refractivity contribution in [3.05, 3.63) is 56.8 Å². The van der Waals surface area contributed by atoms with Gasteiger partial charge in [-0.25, -0.2) is 0 Å². The van der Waals surface area contributed by atoms with Gasteiger partial charge in [0.25, 0.3) is 0 Å². The van der Waals surface area contributed by atoms with E-state index in [-0.39, 0.29) is 0 Å². The van der Waals surface area contributed by atoms with Crippen LogP contribution >= 0.6 is 11.3 Å². The van der Waals surface area contributed by atoms with Gasteiger partial charge in [0, 0.05) is 16.8 Å². The van der Waals surface area contributed by atoms with E-state index < -0.39 is 0 Å². The summed E-state index contributed by atoms with van der Waals surface area (Å²) in [4.78, 5) is 1.60. The molecule has 2 unspecified atom stereocenters. The minimum atomic E-state index is 0.434. The molecule has 106 valence electrons. The molecular weight excluding hydrogens is 262 g/mol. The molecule has 20 heavy (non-hydrogen) atoms. The molecule has 1 N–H and O–H groups in total. The van der Waals surface area contributed by atoms with E-state index in [0.717, 1.165) is 0 Å². The summed E-state index contributed by atoms with van der Waals surface area (Å²) in [5.74, 6) is 0.621. The molecule has 1 nitrogen and oxygen atoms in total. The standard InChI is InChI=1S/C18H23NS/c1-12-7-8-13(2)16(11-12)18(19-3)15-5-4-6-17-14(15)9-10-20-17/h7-11,15,18-19H,4-6H2,1-3H3. The topological polar surface area (TPSA) is 12.0 Å². The van der Waals surface area contributed by atoms with E-state index in [9.17, 15) is 0 Å². The second-order valence-electron chi connectivity index (χ2n) is 5.92. The van der Waals surface area contributed by atoms with Gasteiger partial charge in [-0.1, -0.05) is 23.8 Å². The summed E-state index contributed by atoms with van der Waals surface area (Å²) in [6.07, 6.45) is 3.89. The lowest BCUT2D eigenvalue weighted by molar-refractivity contribution is 0.426. The Balaban J connectivity index is 2.01. The number of thiophene rings is 1. The number of fused-ring (bicyclic) bond motifs is 1. The minimum absolute atomic E-state index is 0.434. The first kappa shape index (κ1) is 13.8.